The normalized spacial score (nSPS) is 19.2. The summed E-state index contributed by atoms with van der Waals surface area (Å²) in [5.41, 5.74) is 2.90. The van der Waals surface area contributed by atoms with E-state index < -0.39 is 18.1 Å². The van der Waals surface area contributed by atoms with E-state index in [1.165, 1.54) is 6.20 Å². The Kier molecular flexibility index (Phi) is 8.40. The smallest absolute Gasteiger partial charge is 0.271 e. The summed E-state index contributed by atoms with van der Waals surface area (Å²) in [7, 11) is 0. The van der Waals surface area contributed by atoms with Crippen LogP contribution in [0.2, 0.25) is 5.02 Å². The zero-order valence-electron chi connectivity index (χ0n) is 22.0. The van der Waals surface area contributed by atoms with E-state index in [9.17, 15) is 15.2 Å². The number of fused-ring (bicyclic) bond motifs is 1. The Morgan fingerprint density at radius 2 is 2.17 bits per heavy atom. The molecule has 2 N–H and O–H groups in total. The summed E-state index contributed by atoms with van der Waals surface area (Å²) in [6.07, 6.45) is 8.26. The number of aliphatic hydroxyl groups excluding tert-OH is 1. The van der Waals surface area contributed by atoms with Gasteiger partial charge >= 0.3 is 0 Å². The summed E-state index contributed by atoms with van der Waals surface area (Å²) in [5.74, 6) is 0.981. The molecular formula is C28H28ClN7O3S. The van der Waals surface area contributed by atoms with Gasteiger partial charge in [-0.25, -0.2) is 14.5 Å². The molecule has 0 aromatic carbocycles. The molecule has 5 heterocycles. The van der Waals surface area contributed by atoms with Crippen molar-refractivity contribution in [3.8, 4) is 22.9 Å². The van der Waals surface area contributed by atoms with Gasteiger partial charge in [-0.3, -0.25) is 4.79 Å². The molecule has 1 aliphatic heterocycles. The van der Waals surface area contributed by atoms with Crippen LogP contribution >= 0.6 is 23.4 Å². The van der Waals surface area contributed by atoms with Crippen LogP contribution in [0.4, 0.5) is 5.82 Å². The molecule has 5 rings (SSSR count). The summed E-state index contributed by atoms with van der Waals surface area (Å²) in [5, 5.41) is 28.1. The van der Waals surface area contributed by atoms with Crippen LogP contribution in [-0.2, 0) is 0 Å². The highest BCUT2D eigenvalue weighted by Gasteiger charge is 2.34. The summed E-state index contributed by atoms with van der Waals surface area (Å²) in [4.78, 5) is 23.8. The second kappa shape index (κ2) is 12.1. The van der Waals surface area contributed by atoms with Gasteiger partial charge in [0.1, 0.15) is 23.3 Å². The molecule has 1 aliphatic rings. The fourth-order valence-corrected chi connectivity index (χ4v) is 5.89. The number of nitrogens with one attached hydrogen (secondary N) is 1. The molecule has 206 valence electrons. The van der Waals surface area contributed by atoms with E-state index in [4.69, 9.17) is 21.3 Å². The summed E-state index contributed by atoms with van der Waals surface area (Å²) < 4.78 is 7.37. The van der Waals surface area contributed by atoms with Crippen molar-refractivity contribution in [2.45, 2.75) is 30.7 Å². The van der Waals surface area contributed by atoms with Crippen molar-refractivity contribution in [2.75, 3.05) is 30.9 Å². The average Bonchev–Trinajstić information content (AvgIpc) is 3.32. The van der Waals surface area contributed by atoms with Crippen LogP contribution in [0, 0.1) is 11.3 Å². The zero-order valence-corrected chi connectivity index (χ0v) is 23.6. The van der Waals surface area contributed by atoms with Gasteiger partial charge in [-0.15, -0.1) is 0 Å². The van der Waals surface area contributed by atoms with Crippen molar-refractivity contribution >= 4 is 40.6 Å². The van der Waals surface area contributed by atoms with Crippen LogP contribution in [0.3, 0.4) is 0 Å². The molecule has 40 heavy (non-hydrogen) atoms. The minimum absolute atomic E-state index is 0.135. The van der Waals surface area contributed by atoms with E-state index in [1.807, 2.05) is 31.4 Å². The van der Waals surface area contributed by atoms with Crippen molar-refractivity contribution in [3.63, 3.8) is 0 Å². The maximum absolute atomic E-state index is 12.9. The highest BCUT2D eigenvalue weighted by atomic mass is 35.5. The number of anilines is 1. The third kappa shape index (κ3) is 5.56. The first-order chi connectivity index (χ1) is 19.4. The van der Waals surface area contributed by atoms with Crippen LogP contribution < -0.4 is 15.0 Å². The SMILES string of the molecule is CCOc1cc(-c2ccc(N3CCC(NC(=O)c4ncccc4Cl)C(O)C(SC)C3)nc2)c2c(C#N)cnn2c1. The quantitative estimate of drug-likeness (QED) is 0.337. The fraction of sp³-hybridized carbons (Fsp3) is 0.321. The maximum atomic E-state index is 12.9. The number of pyridine rings is 3. The minimum Gasteiger partial charge on any atom is -0.492 e. The number of nitriles is 1. The molecule has 0 bridgehead atoms. The number of carbonyl (C=O) groups is 1. The fourth-order valence-electron chi connectivity index (χ4n) is 4.89. The Labute approximate surface area is 240 Å². The topological polar surface area (TPSA) is 129 Å². The molecule has 4 aromatic rings. The lowest BCUT2D eigenvalue weighted by Crippen LogP contribution is -2.47. The second-order valence-electron chi connectivity index (χ2n) is 9.30. The number of rotatable bonds is 7. The van der Waals surface area contributed by atoms with Gasteiger partial charge in [0.05, 0.1) is 52.5 Å². The van der Waals surface area contributed by atoms with Gasteiger partial charge in [-0.2, -0.15) is 22.1 Å². The van der Waals surface area contributed by atoms with Crippen LogP contribution in [-0.4, -0.2) is 73.9 Å². The van der Waals surface area contributed by atoms with Crippen molar-refractivity contribution in [1.29, 1.82) is 5.26 Å². The van der Waals surface area contributed by atoms with Crippen LogP contribution in [0.5, 0.6) is 5.75 Å². The first kappa shape index (κ1) is 27.7. The number of hydrogen-bond acceptors (Lipinski definition) is 9. The van der Waals surface area contributed by atoms with Crippen LogP contribution in [0.15, 0.2) is 55.1 Å². The van der Waals surface area contributed by atoms with E-state index in [0.29, 0.717) is 42.9 Å². The molecule has 4 aromatic heterocycles. The molecule has 0 aliphatic carbocycles. The van der Waals surface area contributed by atoms with E-state index in [1.54, 1.807) is 47.0 Å². The Morgan fingerprint density at radius 3 is 2.88 bits per heavy atom. The van der Waals surface area contributed by atoms with Crippen molar-refractivity contribution in [1.82, 2.24) is 24.9 Å². The van der Waals surface area contributed by atoms with Crippen LogP contribution in [0.1, 0.15) is 29.4 Å². The summed E-state index contributed by atoms with van der Waals surface area (Å²) in [6, 6.07) is 10.8. The first-order valence-electron chi connectivity index (χ1n) is 12.8. The van der Waals surface area contributed by atoms with Gasteiger partial charge in [-0.1, -0.05) is 11.6 Å². The highest BCUT2D eigenvalue weighted by Crippen LogP contribution is 2.32. The highest BCUT2D eigenvalue weighted by molar-refractivity contribution is 7.99. The Morgan fingerprint density at radius 1 is 1.32 bits per heavy atom. The molecule has 12 heteroatoms. The van der Waals surface area contributed by atoms with E-state index in [2.05, 4.69) is 26.4 Å². The summed E-state index contributed by atoms with van der Waals surface area (Å²) in [6.45, 7) is 3.54. The molecule has 3 atom stereocenters. The van der Waals surface area contributed by atoms with E-state index >= 15 is 0 Å². The Bertz CT molecular complexity index is 1560. The number of hydrogen-bond donors (Lipinski definition) is 2. The van der Waals surface area contributed by atoms with Gasteiger partial charge in [0.25, 0.3) is 5.91 Å². The zero-order chi connectivity index (χ0) is 28.2. The number of thioether (sulfide) groups is 1. The third-order valence-electron chi connectivity index (χ3n) is 6.90. The number of carbonyl (C=O) groups excluding carboxylic acids is 1. The minimum atomic E-state index is -0.772. The summed E-state index contributed by atoms with van der Waals surface area (Å²) >= 11 is 7.70. The molecule has 1 fully saturated rings. The van der Waals surface area contributed by atoms with Crippen molar-refractivity contribution < 1.29 is 14.6 Å². The van der Waals surface area contributed by atoms with E-state index in [0.717, 1.165) is 16.9 Å². The number of ether oxygens (including phenoxy) is 1. The molecule has 0 saturated carbocycles. The number of amides is 1. The molecule has 1 amide bonds. The number of nitrogens with zero attached hydrogens (tertiary/aromatic N) is 6. The third-order valence-corrected chi connectivity index (χ3v) is 8.24. The standard InChI is InChI=1S/C28H28ClN7O3S/c1-3-39-19-11-20(26-18(12-30)14-33-36(26)15-19)17-6-7-24(32-13-17)35-10-8-22(27(37)23(16-35)40-2)34-28(38)25-21(29)5-4-9-31-25/h4-7,9,11,13-15,22-23,27,37H,3,8,10,16H2,1-2H3,(H,34,38). The second-order valence-corrected chi connectivity index (χ2v) is 10.8. The molecule has 0 spiro atoms. The van der Waals surface area contributed by atoms with Gasteiger partial charge in [-0.05, 0) is 49.9 Å². The first-order valence-corrected chi connectivity index (χ1v) is 14.5. The number of aromatic nitrogens is 4. The van der Waals surface area contributed by atoms with Gasteiger partial charge < -0.3 is 20.1 Å². The monoisotopic (exact) mass is 577 g/mol. The predicted molar refractivity (Wildman–Crippen MR) is 155 cm³/mol. The molecule has 1 saturated heterocycles. The lowest BCUT2D eigenvalue weighted by Gasteiger charge is -2.27. The Hall–Kier alpha value is -3.85. The van der Waals surface area contributed by atoms with Crippen LogP contribution in [0.25, 0.3) is 16.6 Å². The maximum Gasteiger partial charge on any atom is 0.271 e. The molecule has 10 nitrogen and oxygen atoms in total. The van der Waals surface area contributed by atoms with Crippen molar-refractivity contribution in [3.05, 3.63) is 71.4 Å². The lowest BCUT2D eigenvalue weighted by molar-refractivity contribution is 0.0832. The number of aliphatic hydroxyl groups is 1. The van der Waals surface area contributed by atoms with Gasteiger partial charge in [0.2, 0.25) is 0 Å². The van der Waals surface area contributed by atoms with Crippen molar-refractivity contribution in [2.24, 2.45) is 0 Å². The lowest BCUT2D eigenvalue weighted by atomic mass is 10.1. The average molecular weight is 578 g/mol. The Balaban J connectivity index is 1.38. The largest absolute Gasteiger partial charge is 0.492 e. The molecular weight excluding hydrogens is 550 g/mol. The van der Waals surface area contributed by atoms with Gasteiger partial charge in [0, 0.05) is 36.6 Å². The molecule has 3 unspecified atom stereocenters. The van der Waals surface area contributed by atoms with Gasteiger partial charge in [0.15, 0.2) is 0 Å². The molecule has 0 radical (unpaired) electrons. The predicted octanol–water partition coefficient (Wildman–Crippen LogP) is 3.82. The number of halogens is 1. The van der Waals surface area contributed by atoms with E-state index in [-0.39, 0.29) is 16.0 Å².